The van der Waals surface area contributed by atoms with Crippen molar-refractivity contribution in [3.8, 4) is 22.4 Å². The van der Waals surface area contributed by atoms with Crippen molar-refractivity contribution in [1.29, 1.82) is 0 Å². The molecule has 0 aliphatic heterocycles. The molecule has 2 nitrogen and oxygen atoms in total. The predicted octanol–water partition coefficient (Wildman–Crippen LogP) is 4.77. The second-order valence-electron chi connectivity index (χ2n) is 6.34. The SMILES string of the molecule is c1cc2c3c(cccc3c1)-c1n[n+]3c(ccc4ccccc43)cc1-2. The van der Waals surface area contributed by atoms with Crippen LogP contribution in [0.3, 0.4) is 0 Å². The first-order valence-electron chi connectivity index (χ1n) is 8.17. The lowest BCUT2D eigenvalue weighted by Crippen LogP contribution is -2.28. The fraction of sp³-hybridized carbons (Fsp3) is 0. The van der Waals surface area contributed by atoms with Crippen LogP contribution < -0.4 is 4.52 Å². The molecule has 0 radical (unpaired) electrons. The van der Waals surface area contributed by atoms with Gasteiger partial charge in [-0.05, 0) is 33.0 Å². The summed E-state index contributed by atoms with van der Waals surface area (Å²) in [5.74, 6) is 0. The lowest BCUT2D eigenvalue weighted by molar-refractivity contribution is -0.551. The van der Waals surface area contributed by atoms with Crippen LogP contribution in [0.1, 0.15) is 0 Å². The third kappa shape index (κ3) is 1.41. The summed E-state index contributed by atoms with van der Waals surface area (Å²) in [4.78, 5) is 0. The van der Waals surface area contributed by atoms with Gasteiger partial charge in [-0.2, -0.15) is 0 Å². The van der Waals surface area contributed by atoms with Crippen molar-refractivity contribution in [3.63, 3.8) is 0 Å². The molecule has 2 heteroatoms. The Morgan fingerprint density at radius 1 is 0.625 bits per heavy atom. The summed E-state index contributed by atoms with van der Waals surface area (Å²) in [7, 11) is 0. The summed E-state index contributed by atoms with van der Waals surface area (Å²) in [6.45, 7) is 0. The van der Waals surface area contributed by atoms with Gasteiger partial charge in [0.2, 0.25) is 11.0 Å². The molecule has 5 aromatic rings. The van der Waals surface area contributed by atoms with Crippen molar-refractivity contribution in [2.75, 3.05) is 0 Å². The highest BCUT2D eigenvalue weighted by molar-refractivity contribution is 6.14. The van der Waals surface area contributed by atoms with Crippen LogP contribution in [0.25, 0.3) is 49.6 Å². The molecule has 1 aliphatic rings. The zero-order chi connectivity index (χ0) is 15.7. The topological polar surface area (TPSA) is 17.0 Å². The third-order valence-corrected chi connectivity index (χ3v) is 5.04. The highest BCUT2D eigenvalue weighted by atomic mass is 15.2. The Labute approximate surface area is 138 Å². The molecule has 2 heterocycles. The highest BCUT2D eigenvalue weighted by Crippen LogP contribution is 2.45. The first kappa shape index (κ1) is 12.2. The van der Waals surface area contributed by atoms with Crippen LogP contribution in [0.15, 0.2) is 78.9 Å². The molecule has 3 aromatic carbocycles. The van der Waals surface area contributed by atoms with Crippen LogP contribution >= 0.6 is 0 Å². The smallest absolute Gasteiger partial charge is 0.0612 e. The van der Waals surface area contributed by atoms with Gasteiger partial charge in [0.1, 0.15) is 5.69 Å². The van der Waals surface area contributed by atoms with E-state index in [0.29, 0.717) is 0 Å². The van der Waals surface area contributed by atoms with E-state index in [2.05, 4.69) is 83.4 Å². The largest absolute Gasteiger partial charge is 0.245 e. The summed E-state index contributed by atoms with van der Waals surface area (Å²) in [6, 6.07) is 28.0. The van der Waals surface area contributed by atoms with Gasteiger partial charge in [0, 0.05) is 39.8 Å². The number of para-hydroxylation sites is 1. The maximum atomic E-state index is 5.04. The van der Waals surface area contributed by atoms with Crippen molar-refractivity contribution in [1.82, 2.24) is 5.10 Å². The van der Waals surface area contributed by atoms with Gasteiger partial charge in [0.05, 0.1) is 0 Å². The maximum Gasteiger partial charge on any atom is 0.245 e. The summed E-state index contributed by atoms with van der Waals surface area (Å²) in [5, 5.41) is 8.85. The zero-order valence-corrected chi connectivity index (χ0v) is 12.9. The van der Waals surface area contributed by atoms with Crippen molar-refractivity contribution < 1.29 is 4.52 Å². The van der Waals surface area contributed by atoms with E-state index in [-0.39, 0.29) is 0 Å². The number of rotatable bonds is 0. The number of fused-ring (bicyclic) bond motifs is 6. The summed E-state index contributed by atoms with van der Waals surface area (Å²) in [6.07, 6.45) is 0. The molecule has 0 N–H and O–H groups in total. The van der Waals surface area contributed by atoms with E-state index in [4.69, 9.17) is 5.10 Å². The van der Waals surface area contributed by atoms with Gasteiger partial charge in [0.15, 0.2) is 0 Å². The first-order chi connectivity index (χ1) is 11.9. The third-order valence-electron chi connectivity index (χ3n) is 5.04. The molecule has 24 heavy (non-hydrogen) atoms. The van der Waals surface area contributed by atoms with Gasteiger partial charge in [-0.3, -0.25) is 0 Å². The highest BCUT2D eigenvalue weighted by Gasteiger charge is 2.26. The number of hydrogen-bond acceptors (Lipinski definition) is 1. The summed E-state index contributed by atoms with van der Waals surface area (Å²) in [5.41, 5.74) is 7.10. The normalized spacial score (nSPS) is 12.2. The van der Waals surface area contributed by atoms with Crippen molar-refractivity contribution >= 4 is 27.2 Å². The quantitative estimate of drug-likeness (QED) is 0.292. The molecule has 6 rings (SSSR count). The van der Waals surface area contributed by atoms with Crippen molar-refractivity contribution in [2.24, 2.45) is 0 Å². The standard InChI is InChI=1S/C22H13N2/c1-2-10-20-14(5-1)11-12-16-13-19-17-8-3-6-15-7-4-9-18(21(15)17)22(19)23-24(16)20/h1-13H/q+1. The molecule has 0 saturated heterocycles. The minimum Gasteiger partial charge on any atom is -0.0612 e. The molecule has 0 spiro atoms. The second-order valence-corrected chi connectivity index (χ2v) is 6.34. The van der Waals surface area contributed by atoms with Gasteiger partial charge in [-0.15, -0.1) is 0 Å². The van der Waals surface area contributed by atoms with E-state index in [9.17, 15) is 0 Å². The van der Waals surface area contributed by atoms with Gasteiger partial charge in [-0.25, -0.2) is 0 Å². The average Bonchev–Trinajstić information content (AvgIpc) is 2.96. The van der Waals surface area contributed by atoms with E-state index in [1.807, 2.05) is 0 Å². The van der Waals surface area contributed by atoms with Crippen LogP contribution in [0.4, 0.5) is 0 Å². The van der Waals surface area contributed by atoms with Crippen LogP contribution in [0.5, 0.6) is 0 Å². The van der Waals surface area contributed by atoms with E-state index < -0.39 is 0 Å². The predicted molar refractivity (Wildman–Crippen MR) is 96.8 cm³/mol. The minimum atomic E-state index is 1.08. The Bertz CT molecular complexity index is 1300. The lowest BCUT2D eigenvalue weighted by atomic mass is 10.0. The Kier molecular flexibility index (Phi) is 2.12. The van der Waals surface area contributed by atoms with E-state index in [1.165, 1.54) is 32.8 Å². The fourth-order valence-corrected chi connectivity index (χ4v) is 3.96. The maximum absolute atomic E-state index is 5.04. The Balaban J connectivity index is 1.83. The Morgan fingerprint density at radius 2 is 1.42 bits per heavy atom. The number of benzene rings is 3. The number of aromatic nitrogens is 2. The van der Waals surface area contributed by atoms with Crippen LogP contribution in [0.2, 0.25) is 0 Å². The van der Waals surface area contributed by atoms with Gasteiger partial charge in [-0.1, -0.05) is 48.5 Å². The molecule has 0 unspecified atom stereocenters. The van der Waals surface area contributed by atoms with E-state index in [1.54, 1.807) is 0 Å². The van der Waals surface area contributed by atoms with Crippen LogP contribution in [-0.4, -0.2) is 5.10 Å². The summed E-state index contributed by atoms with van der Waals surface area (Å²) >= 11 is 0. The zero-order valence-electron chi connectivity index (χ0n) is 12.9. The van der Waals surface area contributed by atoms with Gasteiger partial charge < -0.3 is 0 Å². The number of nitrogens with zero attached hydrogens (tertiary/aromatic N) is 2. The molecule has 2 aromatic heterocycles. The van der Waals surface area contributed by atoms with Gasteiger partial charge in [0.25, 0.3) is 0 Å². The molecule has 1 aliphatic carbocycles. The minimum absolute atomic E-state index is 1.08. The molecule has 0 saturated carbocycles. The Morgan fingerprint density at radius 3 is 2.33 bits per heavy atom. The number of hydrogen-bond donors (Lipinski definition) is 0. The van der Waals surface area contributed by atoms with E-state index in [0.717, 1.165) is 16.7 Å². The molecule has 0 bridgehead atoms. The average molecular weight is 305 g/mol. The first-order valence-corrected chi connectivity index (χ1v) is 8.17. The molecule has 0 fully saturated rings. The Hall–Kier alpha value is -3.26. The molecule has 110 valence electrons. The molecular weight excluding hydrogens is 292 g/mol. The fourth-order valence-electron chi connectivity index (χ4n) is 3.96. The molecule has 0 amide bonds. The van der Waals surface area contributed by atoms with Crippen molar-refractivity contribution in [2.45, 2.75) is 0 Å². The van der Waals surface area contributed by atoms with Crippen LogP contribution in [0, 0.1) is 0 Å². The van der Waals surface area contributed by atoms with E-state index >= 15 is 0 Å². The lowest BCUT2D eigenvalue weighted by Gasteiger charge is -2.00. The molecule has 0 atom stereocenters. The molecular formula is C22H13N2+. The number of pyridine rings is 1. The second kappa shape index (κ2) is 4.18. The van der Waals surface area contributed by atoms with Crippen molar-refractivity contribution in [3.05, 3.63) is 78.9 Å². The van der Waals surface area contributed by atoms with Crippen LogP contribution in [-0.2, 0) is 0 Å². The van der Waals surface area contributed by atoms with Gasteiger partial charge >= 0.3 is 0 Å². The monoisotopic (exact) mass is 305 g/mol. The summed E-state index contributed by atoms with van der Waals surface area (Å²) < 4.78 is 2.07.